The van der Waals surface area contributed by atoms with Crippen molar-refractivity contribution >= 4 is 69.4 Å². The fourth-order valence-electron chi connectivity index (χ4n) is 3.02. The van der Waals surface area contributed by atoms with Gasteiger partial charge in [-0.2, -0.15) is 4.99 Å². The molecule has 4 rings (SSSR count). The molecule has 0 unspecified atom stereocenters. The molecule has 0 aliphatic carbocycles. The van der Waals surface area contributed by atoms with Crippen LogP contribution in [0.25, 0.3) is 21.9 Å². The van der Waals surface area contributed by atoms with Crippen LogP contribution in [0.1, 0.15) is 36.0 Å². The van der Waals surface area contributed by atoms with Gasteiger partial charge in [0.15, 0.2) is 34.2 Å². The van der Waals surface area contributed by atoms with Crippen LogP contribution in [0, 0.1) is 0 Å². The van der Waals surface area contributed by atoms with Crippen LogP contribution in [0.4, 0.5) is 11.6 Å². The zero-order chi connectivity index (χ0) is 25.2. The molecule has 0 spiro atoms. The van der Waals surface area contributed by atoms with Gasteiger partial charge in [-0.25, -0.2) is 14.8 Å². The van der Waals surface area contributed by atoms with Crippen LogP contribution < -0.4 is 33.3 Å². The third kappa shape index (κ3) is 5.91. The zero-order valence-corrected chi connectivity index (χ0v) is 20.4. The topological polar surface area (TPSA) is 212 Å². The molecular formula is C21H23Cl2N7O5. The van der Waals surface area contributed by atoms with Gasteiger partial charge in [0.2, 0.25) is 0 Å². The number of benzene rings is 1. The van der Waals surface area contributed by atoms with Crippen molar-refractivity contribution in [2.75, 3.05) is 18.6 Å². The number of aliphatic imine (C=N–C) groups is 1. The first-order chi connectivity index (χ1) is 16.0. The second-order valence-electron chi connectivity index (χ2n) is 7.27. The van der Waals surface area contributed by atoms with Crippen molar-refractivity contribution in [3.8, 4) is 5.75 Å². The van der Waals surface area contributed by atoms with E-state index in [1.54, 1.807) is 19.2 Å². The summed E-state index contributed by atoms with van der Waals surface area (Å²) in [6.45, 7) is 4.08. The van der Waals surface area contributed by atoms with Gasteiger partial charge in [-0.05, 0) is 12.1 Å². The molecule has 1 amide bonds. The number of furan rings is 1. The van der Waals surface area contributed by atoms with Crippen LogP contribution in [0.2, 0.25) is 5.15 Å². The van der Waals surface area contributed by atoms with E-state index >= 15 is 0 Å². The number of anilines is 2. The smallest absolute Gasteiger partial charge is 0.336 e. The summed E-state index contributed by atoms with van der Waals surface area (Å²) in [6.07, 6.45) is 0. The molecule has 186 valence electrons. The van der Waals surface area contributed by atoms with E-state index in [1.165, 1.54) is 6.07 Å². The predicted molar refractivity (Wildman–Crippen MR) is 136 cm³/mol. The zero-order valence-electron chi connectivity index (χ0n) is 18.9. The number of hydrogen-bond acceptors (Lipinski definition) is 9. The Balaban J connectivity index is 0.000000247. The molecule has 0 saturated heterocycles. The van der Waals surface area contributed by atoms with Crippen molar-refractivity contribution in [3.63, 3.8) is 0 Å². The van der Waals surface area contributed by atoms with E-state index in [2.05, 4.69) is 15.0 Å². The van der Waals surface area contributed by atoms with E-state index in [-0.39, 0.29) is 46.4 Å². The Morgan fingerprint density at radius 2 is 1.77 bits per heavy atom. The number of rotatable bonds is 3. The van der Waals surface area contributed by atoms with E-state index in [1.807, 2.05) is 19.9 Å². The summed E-state index contributed by atoms with van der Waals surface area (Å²) in [5.41, 5.74) is 21.3. The van der Waals surface area contributed by atoms with Gasteiger partial charge in [0.1, 0.15) is 16.9 Å². The number of carbonyl (C=O) groups excluding carboxylic acids is 1. The quantitative estimate of drug-likeness (QED) is 0.174. The van der Waals surface area contributed by atoms with Gasteiger partial charge < -0.3 is 36.5 Å². The van der Waals surface area contributed by atoms with Gasteiger partial charge in [0, 0.05) is 23.4 Å². The molecule has 0 aliphatic heterocycles. The Hall–Kier alpha value is -4.03. The molecule has 0 atom stereocenters. The molecule has 0 fully saturated rings. The standard InChI is InChI=1S/C15H14O4.C6H8ClN7O.ClH/c1-8(2)14-15(17-3)10-6-9-4-5-13(16)18-11(9)7-12(10)19-14;7-2-4(9)13-3(8)1(12-2)5(15)14-6(10)11;/h4-8H,1-3H3;(H4,8,9,13)(H4,10,11,14,15);1H. The Labute approximate surface area is 209 Å². The molecule has 0 radical (unpaired) electrons. The lowest BCUT2D eigenvalue weighted by Crippen LogP contribution is -2.24. The van der Waals surface area contributed by atoms with Crippen LogP contribution in [0.5, 0.6) is 5.75 Å². The number of fused-ring (bicyclic) bond motifs is 2. The Morgan fingerprint density at radius 3 is 2.37 bits per heavy atom. The lowest BCUT2D eigenvalue weighted by Gasteiger charge is -2.03. The minimum Gasteiger partial charge on any atom is -0.492 e. The first kappa shape index (κ1) is 27.2. The number of nitrogens with two attached hydrogens (primary N) is 4. The lowest BCUT2D eigenvalue weighted by atomic mass is 10.1. The van der Waals surface area contributed by atoms with Gasteiger partial charge >= 0.3 is 11.5 Å². The molecule has 12 nitrogen and oxygen atoms in total. The monoisotopic (exact) mass is 523 g/mol. The number of hydrogen-bond donors (Lipinski definition) is 4. The van der Waals surface area contributed by atoms with Gasteiger partial charge in [-0.1, -0.05) is 25.4 Å². The second kappa shape index (κ2) is 10.9. The van der Waals surface area contributed by atoms with Crippen LogP contribution in [-0.2, 0) is 0 Å². The highest BCUT2D eigenvalue weighted by Crippen LogP contribution is 2.38. The average Bonchev–Trinajstić information content (AvgIpc) is 3.12. The highest BCUT2D eigenvalue weighted by Gasteiger charge is 2.19. The number of amides is 1. The van der Waals surface area contributed by atoms with Crippen LogP contribution in [0.3, 0.4) is 0 Å². The number of guanidine groups is 1. The van der Waals surface area contributed by atoms with Crippen molar-refractivity contribution in [2.45, 2.75) is 19.8 Å². The summed E-state index contributed by atoms with van der Waals surface area (Å²) in [7, 11) is 1.63. The third-order valence-corrected chi connectivity index (χ3v) is 4.75. The number of carbonyl (C=O) groups is 1. The molecule has 4 aromatic rings. The van der Waals surface area contributed by atoms with Crippen molar-refractivity contribution in [1.82, 2.24) is 9.97 Å². The van der Waals surface area contributed by atoms with E-state index < -0.39 is 11.9 Å². The Morgan fingerprint density at radius 1 is 1.09 bits per heavy atom. The predicted octanol–water partition coefficient (Wildman–Crippen LogP) is 2.80. The normalized spacial score (nSPS) is 10.4. The molecule has 3 heterocycles. The largest absolute Gasteiger partial charge is 0.492 e. The highest BCUT2D eigenvalue weighted by molar-refractivity contribution is 6.31. The first-order valence-corrected chi connectivity index (χ1v) is 10.2. The van der Waals surface area contributed by atoms with Crippen molar-refractivity contribution in [2.24, 2.45) is 16.5 Å². The molecule has 8 N–H and O–H groups in total. The fraction of sp³-hybridized carbons (Fsp3) is 0.190. The minimum absolute atomic E-state index is 0. The average molecular weight is 524 g/mol. The number of nitrogen functional groups attached to an aromatic ring is 2. The summed E-state index contributed by atoms with van der Waals surface area (Å²) in [4.78, 5) is 33.0. The highest BCUT2D eigenvalue weighted by atomic mass is 35.5. The minimum atomic E-state index is -0.832. The molecule has 0 bridgehead atoms. The SMILES string of the molecule is COc1c(C(C)C)oc2cc3oc(=O)ccc3cc12.Cl.NC(N)=NC(=O)c1nc(Cl)c(N)nc1N. The first-order valence-electron chi connectivity index (χ1n) is 9.78. The summed E-state index contributed by atoms with van der Waals surface area (Å²) in [5, 5.41) is 1.60. The third-order valence-electron chi connectivity index (χ3n) is 4.48. The number of ether oxygens (including phenoxy) is 1. The summed E-state index contributed by atoms with van der Waals surface area (Å²) >= 11 is 5.55. The van der Waals surface area contributed by atoms with E-state index in [0.29, 0.717) is 11.2 Å². The summed E-state index contributed by atoms with van der Waals surface area (Å²) in [6, 6.07) is 6.80. The molecule has 0 aliphatic rings. The van der Waals surface area contributed by atoms with Crippen molar-refractivity contribution < 1.29 is 18.4 Å². The molecule has 14 heteroatoms. The molecule has 1 aromatic carbocycles. The number of methoxy groups -OCH3 is 1. The van der Waals surface area contributed by atoms with E-state index in [0.717, 1.165) is 22.3 Å². The maximum Gasteiger partial charge on any atom is 0.336 e. The fourth-order valence-corrected chi connectivity index (χ4v) is 3.14. The maximum atomic E-state index is 11.3. The summed E-state index contributed by atoms with van der Waals surface area (Å²) in [5.74, 6) is 0.268. The van der Waals surface area contributed by atoms with Crippen LogP contribution >= 0.6 is 24.0 Å². The van der Waals surface area contributed by atoms with Crippen LogP contribution in [0.15, 0.2) is 42.9 Å². The van der Waals surface area contributed by atoms with Gasteiger partial charge in [-0.15, -0.1) is 12.4 Å². The van der Waals surface area contributed by atoms with Crippen molar-refractivity contribution in [3.05, 3.63) is 51.3 Å². The van der Waals surface area contributed by atoms with Gasteiger partial charge in [0.25, 0.3) is 0 Å². The lowest BCUT2D eigenvalue weighted by molar-refractivity contribution is 0.0998. The summed E-state index contributed by atoms with van der Waals surface area (Å²) < 4.78 is 16.4. The van der Waals surface area contributed by atoms with Crippen molar-refractivity contribution in [1.29, 1.82) is 0 Å². The van der Waals surface area contributed by atoms with E-state index in [4.69, 9.17) is 48.1 Å². The van der Waals surface area contributed by atoms with Gasteiger partial charge in [0.05, 0.1) is 12.5 Å². The van der Waals surface area contributed by atoms with Gasteiger partial charge in [-0.3, -0.25) is 4.79 Å². The molecule has 35 heavy (non-hydrogen) atoms. The molecule has 3 aromatic heterocycles. The number of aromatic nitrogens is 2. The Kier molecular flexibility index (Phi) is 8.50. The molecular weight excluding hydrogens is 501 g/mol. The van der Waals surface area contributed by atoms with E-state index in [9.17, 15) is 9.59 Å². The van der Waals surface area contributed by atoms with Crippen LogP contribution in [-0.4, -0.2) is 28.9 Å². The maximum absolute atomic E-state index is 11.3. The number of nitrogens with zero attached hydrogens (tertiary/aromatic N) is 3. The molecule has 0 saturated carbocycles. The second-order valence-corrected chi connectivity index (χ2v) is 7.63. The number of halogens is 2. The Bertz CT molecular complexity index is 1480.